The van der Waals surface area contributed by atoms with Crippen LogP contribution < -0.4 is 20.5 Å². The molecule has 2 heterocycles. The highest BCUT2D eigenvalue weighted by Gasteiger charge is 2.20. The zero-order valence-corrected chi connectivity index (χ0v) is 19.7. The largest absolute Gasteiger partial charge is 0.494 e. The number of guanidine groups is 1. The summed E-state index contributed by atoms with van der Waals surface area (Å²) in [4.78, 5) is 11.8. The predicted octanol–water partition coefficient (Wildman–Crippen LogP) is 4.14. The van der Waals surface area contributed by atoms with E-state index < -0.39 is 0 Å². The van der Waals surface area contributed by atoms with Gasteiger partial charge in [-0.3, -0.25) is 9.89 Å². The third-order valence-electron chi connectivity index (χ3n) is 5.34. The lowest BCUT2D eigenvalue weighted by molar-refractivity contribution is 0.179. The molecule has 0 amide bonds. The zero-order valence-electron chi connectivity index (χ0n) is 18.9. The van der Waals surface area contributed by atoms with Crippen LogP contribution in [-0.4, -0.2) is 48.7 Å². The first-order valence-corrected chi connectivity index (χ1v) is 12.1. The number of aliphatic imine (C=N–C) groups is 1. The standard InChI is InChI=1S/C23H35N5O2S/c1-4-22-26-18(16-31-22)15-28-11-9-17(10-12-28)14-25-23(24)27-20-13-19(29-5-2)7-8-21(20)30-6-3/h7-8,13,16-17H,4-6,9-12,14-15H2,1-3H3,(H3,24,25,27). The third kappa shape index (κ3) is 7.11. The Morgan fingerprint density at radius 1 is 1.23 bits per heavy atom. The molecule has 0 atom stereocenters. The first kappa shape index (κ1) is 23.3. The normalized spacial score (nSPS) is 15.8. The molecule has 0 saturated carbocycles. The van der Waals surface area contributed by atoms with Crippen molar-refractivity contribution >= 4 is 23.0 Å². The lowest BCUT2D eigenvalue weighted by Crippen LogP contribution is -2.34. The summed E-state index contributed by atoms with van der Waals surface area (Å²) < 4.78 is 11.3. The molecule has 0 radical (unpaired) electrons. The van der Waals surface area contributed by atoms with E-state index in [4.69, 9.17) is 20.2 Å². The molecule has 3 rings (SSSR count). The van der Waals surface area contributed by atoms with Gasteiger partial charge >= 0.3 is 0 Å². The van der Waals surface area contributed by atoms with Gasteiger partial charge in [-0.25, -0.2) is 4.98 Å². The van der Waals surface area contributed by atoms with Gasteiger partial charge in [-0.2, -0.15) is 0 Å². The average molecular weight is 446 g/mol. The number of rotatable bonds is 10. The number of hydrogen-bond donors (Lipinski definition) is 2. The summed E-state index contributed by atoms with van der Waals surface area (Å²) in [5.74, 6) is 2.48. The molecule has 0 unspecified atom stereocenters. The number of benzene rings is 1. The van der Waals surface area contributed by atoms with Crippen molar-refractivity contribution < 1.29 is 9.47 Å². The molecular weight excluding hydrogens is 410 g/mol. The van der Waals surface area contributed by atoms with Gasteiger partial charge in [-0.1, -0.05) is 6.92 Å². The molecule has 1 aromatic heterocycles. The molecular formula is C23H35N5O2S. The van der Waals surface area contributed by atoms with Gasteiger partial charge < -0.3 is 20.5 Å². The second-order valence-electron chi connectivity index (χ2n) is 7.68. The molecule has 2 aromatic rings. The van der Waals surface area contributed by atoms with Gasteiger partial charge in [0.05, 0.1) is 29.6 Å². The Hall–Kier alpha value is -2.32. The maximum Gasteiger partial charge on any atom is 0.193 e. The van der Waals surface area contributed by atoms with Gasteiger partial charge in [0.25, 0.3) is 0 Å². The van der Waals surface area contributed by atoms with Gasteiger partial charge in [-0.15, -0.1) is 11.3 Å². The quantitative estimate of drug-likeness (QED) is 0.422. The summed E-state index contributed by atoms with van der Waals surface area (Å²) in [6.45, 7) is 11.1. The predicted molar refractivity (Wildman–Crippen MR) is 128 cm³/mol. The summed E-state index contributed by atoms with van der Waals surface area (Å²) in [6, 6.07) is 5.69. The number of nitrogens with one attached hydrogen (secondary N) is 1. The number of piperidine rings is 1. The van der Waals surface area contributed by atoms with Crippen LogP contribution in [0.3, 0.4) is 0 Å². The number of aryl methyl sites for hydroxylation is 1. The maximum atomic E-state index is 6.18. The third-order valence-corrected chi connectivity index (χ3v) is 6.38. The van der Waals surface area contributed by atoms with Gasteiger partial charge in [-0.05, 0) is 64.3 Å². The number of aromatic nitrogens is 1. The first-order valence-electron chi connectivity index (χ1n) is 11.2. The van der Waals surface area contributed by atoms with Crippen LogP contribution in [-0.2, 0) is 13.0 Å². The minimum absolute atomic E-state index is 0.409. The summed E-state index contributed by atoms with van der Waals surface area (Å²) in [5.41, 5.74) is 8.16. The van der Waals surface area contributed by atoms with Crippen LogP contribution in [0.1, 0.15) is 44.3 Å². The van der Waals surface area contributed by atoms with E-state index in [-0.39, 0.29) is 0 Å². The van der Waals surface area contributed by atoms with Gasteiger partial charge in [0, 0.05) is 24.5 Å². The van der Waals surface area contributed by atoms with Crippen LogP contribution in [0.2, 0.25) is 0 Å². The van der Waals surface area contributed by atoms with E-state index in [2.05, 4.69) is 27.5 Å². The number of ether oxygens (including phenoxy) is 2. The number of anilines is 1. The molecule has 8 heteroatoms. The Bertz CT molecular complexity index is 846. The second kappa shape index (κ2) is 11.9. The van der Waals surface area contributed by atoms with Gasteiger partial charge in [0.15, 0.2) is 5.96 Å². The van der Waals surface area contributed by atoms with Gasteiger partial charge in [0.2, 0.25) is 0 Å². The van der Waals surface area contributed by atoms with Crippen molar-refractivity contribution in [2.45, 2.75) is 46.6 Å². The molecule has 0 bridgehead atoms. The van der Waals surface area contributed by atoms with Crippen molar-refractivity contribution in [3.8, 4) is 11.5 Å². The van der Waals surface area contributed by atoms with E-state index in [0.29, 0.717) is 25.1 Å². The molecule has 1 aliphatic rings. The SMILES string of the molecule is CCOc1ccc(OCC)c(NC(N)=NCC2CCN(Cc3csc(CC)n3)CC2)c1. The van der Waals surface area contributed by atoms with Crippen LogP contribution in [0.15, 0.2) is 28.6 Å². The minimum Gasteiger partial charge on any atom is -0.494 e. The van der Waals surface area contributed by atoms with Crippen LogP contribution in [0, 0.1) is 5.92 Å². The molecule has 7 nitrogen and oxygen atoms in total. The molecule has 170 valence electrons. The molecule has 1 aliphatic heterocycles. The van der Waals surface area contributed by atoms with E-state index in [1.165, 1.54) is 10.7 Å². The monoisotopic (exact) mass is 445 g/mol. The molecule has 31 heavy (non-hydrogen) atoms. The lowest BCUT2D eigenvalue weighted by Gasteiger charge is -2.30. The van der Waals surface area contributed by atoms with Crippen LogP contribution in [0.25, 0.3) is 0 Å². The molecule has 3 N–H and O–H groups in total. The van der Waals surface area contributed by atoms with Crippen molar-refractivity contribution in [1.29, 1.82) is 0 Å². The Morgan fingerprint density at radius 2 is 2.00 bits per heavy atom. The Kier molecular flexibility index (Phi) is 8.97. The second-order valence-corrected chi connectivity index (χ2v) is 8.62. The van der Waals surface area contributed by atoms with Crippen molar-refractivity contribution in [3.63, 3.8) is 0 Å². The van der Waals surface area contributed by atoms with E-state index >= 15 is 0 Å². The molecule has 0 spiro atoms. The molecule has 0 aliphatic carbocycles. The fraction of sp³-hybridized carbons (Fsp3) is 0.565. The molecule has 1 saturated heterocycles. The van der Waals surface area contributed by atoms with Crippen molar-refractivity contribution in [2.75, 3.05) is 38.2 Å². The summed E-state index contributed by atoms with van der Waals surface area (Å²) in [6.07, 6.45) is 3.28. The number of hydrogen-bond acceptors (Lipinski definition) is 6. The molecule has 1 aromatic carbocycles. The Morgan fingerprint density at radius 3 is 2.68 bits per heavy atom. The summed E-state index contributed by atoms with van der Waals surface area (Å²) in [7, 11) is 0. The fourth-order valence-electron chi connectivity index (χ4n) is 3.69. The Balaban J connectivity index is 1.49. The zero-order chi connectivity index (χ0) is 22.1. The smallest absolute Gasteiger partial charge is 0.193 e. The van der Waals surface area contributed by atoms with E-state index in [1.54, 1.807) is 11.3 Å². The highest BCUT2D eigenvalue weighted by atomic mass is 32.1. The molecule has 1 fully saturated rings. The average Bonchev–Trinajstić information content (AvgIpc) is 3.23. The highest BCUT2D eigenvalue weighted by molar-refractivity contribution is 7.09. The van der Waals surface area contributed by atoms with E-state index in [0.717, 1.165) is 62.6 Å². The maximum absolute atomic E-state index is 6.18. The number of nitrogens with zero attached hydrogens (tertiary/aromatic N) is 3. The Labute approximate surface area is 189 Å². The van der Waals surface area contributed by atoms with E-state index in [1.807, 2.05) is 32.0 Å². The first-order chi connectivity index (χ1) is 15.1. The van der Waals surface area contributed by atoms with Crippen molar-refractivity contribution in [1.82, 2.24) is 9.88 Å². The summed E-state index contributed by atoms with van der Waals surface area (Å²) in [5, 5.41) is 6.60. The topological polar surface area (TPSA) is 85.0 Å². The highest BCUT2D eigenvalue weighted by Crippen LogP contribution is 2.29. The van der Waals surface area contributed by atoms with Gasteiger partial charge in [0.1, 0.15) is 11.5 Å². The summed E-state index contributed by atoms with van der Waals surface area (Å²) >= 11 is 1.76. The number of nitrogens with two attached hydrogens (primary N) is 1. The number of thiazole rings is 1. The van der Waals surface area contributed by atoms with Crippen LogP contribution in [0.5, 0.6) is 11.5 Å². The van der Waals surface area contributed by atoms with Crippen LogP contribution >= 0.6 is 11.3 Å². The minimum atomic E-state index is 0.409. The lowest BCUT2D eigenvalue weighted by atomic mass is 9.97. The van der Waals surface area contributed by atoms with E-state index in [9.17, 15) is 0 Å². The number of likely N-dealkylation sites (tertiary alicyclic amines) is 1. The van der Waals surface area contributed by atoms with Crippen LogP contribution in [0.4, 0.5) is 5.69 Å². The van der Waals surface area contributed by atoms with Crippen molar-refractivity contribution in [2.24, 2.45) is 16.6 Å². The fourth-order valence-corrected chi connectivity index (χ4v) is 4.43. The van der Waals surface area contributed by atoms with Crippen molar-refractivity contribution in [3.05, 3.63) is 34.3 Å².